The Morgan fingerprint density at radius 1 is 1.83 bits per heavy atom. The number of esters is 1. The van der Waals surface area contributed by atoms with Crippen molar-refractivity contribution in [1.82, 2.24) is 4.98 Å². The van der Waals surface area contributed by atoms with Crippen LogP contribution in [-0.2, 0) is 9.16 Å². The van der Waals surface area contributed by atoms with Gasteiger partial charge in [-0.05, 0) is 6.92 Å². The Hall–Kier alpha value is -0.590. The lowest BCUT2D eigenvalue weighted by atomic mass is 10.5. The van der Waals surface area contributed by atoms with Crippen molar-refractivity contribution in [3.8, 4) is 0 Å². The molecule has 0 unspecified atom stereocenters. The molecule has 4 nitrogen and oxygen atoms in total. The van der Waals surface area contributed by atoms with Gasteiger partial charge in [0, 0.05) is 0 Å². The van der Waals surface area contributed by atoms with Crippen molar-refractivity contribution in [3.63, 3.8) is 0 Å². The van der Waals surface area contributed by atoms with Gasteiger partial charge in [-0.3, -0.25) is 0 Å². The smallest absolute Gasteiger partial charge is 0.375 e. The molecular formula is C7H8INO3. The molecule has 0 amide bonds. The van der Waals surface area contributed by atoms with Gasteiger partial charge in [-0.25, -0.2) is 9.78 Å². The highest BCUT2D eigenvalue weighted by Gasteiger charge is 2.11. The first kappa shape index (κ1) is 9.50. The van der Waals surface area contributed by atoms with Crippen molar-refractivity contribution in [2.75, 3.05) is 6.61 Å². The molecule has 0 bridgehead atoms. The topological polar surface area (TPSA) is 52.3 Å². The van der Waals surface area contributed by atoms with Crippen molar-refractivity contribution in [2.24, 2.45) is 0 Å². The molecule has 1 aromatic heterocycles. The van der Waals surface area contributed by atoms with E-state index in [2.05, 4.69) is 27.6 Å². The summed E-state index contributed by atoms with van der Waals surface area (Å²) in [5, 5.41) is 0. The highest BCUT2D eigenvalue weighted by Crippen LogP contribution is 2.08. The van der Waals surface area contributed by atoms with E-state index in [-0.39, 0.29) is 5.76 Å². The van der Waals surface area contributed by atoms with Crippen LogP contribution in [-0.4, -0.2) is 17.6 Å². The average Bonchev–Trinajstić information content (AvgIpc) is 2.52. The van der Waals surface area contributed by atoms with Crippen LogP contribution in [0.3, 0.4) is 0 Å². The van der Waals surface area contributed by atoms with E-state index in [0.717, 1.165) is 0 Å². The van der Waals surface area contributed by atoms with Crippen LogP contribution >= 0.6 is 22.6 Å². The van der Waals surface area contributed by atoms with Crippen molar-refractivity contribution in [3.05, 3.63) is 17.8 Å². The lowest BCUT2D eigenvalue weighted by Gasteiger charge is -1.95. The maximum absolute atomic E-state index is 11.0. The first-order chi connectivity index (χ1) is 5.77. The van der Waals surface area contributed by atoms with Gasteiger partial charge in [0.25, 0.3) is 0 Å². The molecule has 1 heterocycles. The van der Waals surface area contributed by atoms with E-state index in [1.807, 2.05) is 0 Å². The monoisotopic (exact) mass is 281 g/mol. The largest absolute Gasteiger partial charge is 0.460 e. The zero-order chi connectivity index (χ0) is 8.97. The van der Waals surface area contributed by atoms with Gasteiger partial charge >= 0.3 is 5.97 Å². The van der Waals surface area contributed by atoms with Crippen LogP contribution in [0.2, 0.25) is 0 Å². The lowest BCUT2D eigenvalue weighted by Crippen LogP contribution is -2.02. The summed E-state index contributed by atoms with van der Waals surface area (Å²) in [6.45, 7) is 2.09. The van der Waals surface area contributed by atoms with Crippen molar-refractivity contribution >= 4 is 28.6 Å². The number of hydrogen-bond donors (Lipinski definition) is 0. The average molecular weight is 281 g/mol. The predicted octanol–water partition coefficient (Wildman–Crippen LogP) is 1.79. The molecule has 0 aliphatic rings. The number of carbonyl (C=O) groups is 1. The van der Waals surface area contributed by atoms with E-state index in [1.165, 1.54) is 6.20 Å². The van der Waals surface area contributed by atoms with Crippen molar-refractivity contribution in [2.45, 2.75) is 11.4 Å². The second-order valence-electron chi connectivity index (χ2n) is 1.97. The fourth-order valence-corrected chi connectivity index (χ4v) is 1.02. The fourth-order valence-electron chi connectivity index (χ4n) is 0.669. The molecule has 66 valence electrons. The minimum absolute atomic E-state index is 0.170. The molecule has 5 heteroatoms. The standard InChI is InChI=1S/C7H8INO3/c1-2-11-7(10)5-4-9-6(3-8)12-5/h4H,2-3H2,1H3. The van der Waals surface area contributed by atoms with Gasteiger partial charge < -0.3 is 9.15 Å². The molecule has 0 aliphatic heterocycles. The first-order valence-electron chi connectivity index (χ1n) is 3.45. The predicted molar refractivity (Wildman–Crippen MR) is 50.2 cm³/mol. The highest BCUT2D eigenvalue weighted by atomic mass is 127. The highest BCUT2D eigenvalue weighted by molar-refractivity contribution is 14.1. The zero-order valence-electron chi connectivity index (χ0n) is 6.54. The second-order valence-corrected chi connectivity index (χ2v) is 2.74. The minimum Gasteiger partial charge on any atom is -0.460 e. The minimum atomic E-state index is -0.457. The Morgan fingerprint density at radius 2 is 2.58 bits per heavy atom. The quantitative estimate of drug-likeness (QED) is 0.481. The van der Waals surface area contributed by atoms with E-state index in [4.69, 9.17) is 9.15 Å². The van der Waals surface area contributed by atoms with Crippen LogP contribution in [0, 0.1) is 0 Å². The number of carbonyl (C=O) groups excluding carboxylic acids is 1. The molecule has 0 aromatic carbocycles. The van der Waals surface area contributed by atoms with Crippen LogP contribution in [0.15, 0.2) is 10.6 Å². The van der Waals surface area contributed by atoms with E-state index in [9.17, 15) is 4.79 Å². The summed E-state index contributed by atoms with van der Waals surface area (Å²) in [4.78, 5) is 14.9. The van der Waals surface area contributed by atoms with Crippen LogP contribution in [0.1, 0.15) is 23.4 Å². The van der Waals surface area contributed by atoms with Crippen LogP contribution in [0.25, 0.3) is 0 Å². The van der Waals surface area contributed by atoms with E-state index < -0.39 is 5.97 Å². The second kappa shape index (κ2) is 4.44. The number of nitrogens with zero attached hydrogens (tertiary/aromatic N) is 1. The van der Waals surface area contributed by atoms with Gasteiger partial charge in [0.15, 0.2) is 0 Å². The SMILES string of the molecule is CCOC(=O)c1cnc(CI)o1. The van der Waals surface area contributed by atoms with Gasteiger partial charge in [-0.2, -0.15) is 0 Å². The van der Waals surface area contributed by atoms with Gasteiger partial charge in [0.1, 0.15) is 0 Å². The van der Waals surface area contributed by atoms with Crippen molar-refractivity contribution < 1.29 is 13.9 Å². The third-order valence-corrected chi connectivity index (χ3v) is 1.80. The molecule has 0 N–H and O–H groups in total. The number of rotatable bonds is 3. The molecule has 0 saturated heterocycles. The summed E-state index contributed by atoms with van der Waals surface area (Å²) < 4.78 is 10.4. The number of halogens is 1. The molecule has 0 aliphatic carbocycles. The molecule has 1 aromatic rings. The third-order valence-electron chi connectivity index (χ3n) is 1.14. The molecule has 1 rings (SSSR count). The van der Waals surface area contributed by atoms with Crippen LogP contribution in [0.4, 0.5) is 0 Å². The molecule has 12 heavy (non-hydrogen) atoms. The summed E-state index contributed by atoms with van der Waals surface area (Å²) in [7, 11) is 0. The Balaban J connectivity index is 2.68. The Bertz CT molecular complexity index is 271. The molecule has 0 fully saturated rings. The van der Waals surface area contributed by atoms with Crippen LogP contribution < -0.4 is 0 Å². The third kappa shape index (κ3) is 2.20. The number of oxazole rings is 1. The Labute approximate surface area is 83.4 Å². The molecular weight excluding hydrogens is 273 g/mol. The number of ether oxygens (including phenoxy) is 1. The summed E-state index contributed by atoms with van der Waals surface area (Å²) in [6, 6.07) is 0. The Kier molecular flexibility index (Phi) is 3.51. The fraction of sp³-hybridized carbons (Fsp3) is 0.429. The molecule has 0 spiro atoms. The maximum atomic E-state index is 11.0. The van der Waals surface area contributed by atoms with Gasteiger partial charge in [0.05, 0.1) is 17.2 Å². The van der Waals surface area contributed by atoms with Gasteiger partial charge in [-0.15, -0.1) is 0 Å². The van der Waals surface area contributed by atoms with E-state index in [0.29, 0.717) is 16.9 Å². The summed E-state index contributed by atoms with van der Waals surface area (Å²) in [5.74, 6) is 0.253. The first-order valence-corrected chi connectivity index (χ1v) is 4.98. The Morgan fingerprint density at radius 3 is 3.08 bits per heavy atom. The van der Waals surface area contributed by atoms with Crippen molar-refractivity contribution in [1.29, 1.82) is 0 Å². The van der Waals surface area contributed by atoms with Gasteiger partial charge in [0.2, 0.25) is 11.7 Å². The van der Waals surface area contributed by atoms with Crippen LogP contribution in [0.5, 0.6) is 0 Å². The summed E-state index contributed by atoms with van der Waals surface area (Å²) in [5.41, 5.74) is 0. The van der Waals surface area contributed by atoms with E-state index in [1.54, 1.807) is 6.92 Å². The summed E-state index contributed by atoms with van der Waals surface area (Å²) >= 11 is 2.10. The number of hydrogen-bond acceptors (Lipinski definition) is 4. The summed E-state index contributed by atoms with van der Waals surface area (Å²) in [6.07, 6.45) is 1.38. The molecule has 0 saturated carbocycles. The van der Waals surface area contributed by atoms with Gasteiger partial charge in [-0.1, -0.05) is 22.6 Å². The molecule has 0 radical (unpaired) electrons. The lowest BCUT2D eigenvalue weighted by molar-refractivity contribution is 0.0488. The van der Waals surface area contributed by atoms with E-state index >= 15 is 0 Å². The zero-order valence-corrected chi connectivity index (χ0v) is 8.70. The maximum Gasteiger partial charge on any atom is 0.375 e. The number of aromatic nitrogens is 1. The number of alkyl halides is 1. The normalized spacial score (nSPS) is 9.83. The molecule has 0 atom stereocenters.